The zero-order valence-electron chi connectivity index (χ0n) is 22.8. The molecular formula is C30H33BrCl2N4O4. The number of carbonyl (C=O) groups excluding carboxylic acids is 2. The van der Waals surface area contributed by atoms with Crippen molar-refractivity contribution in [2.45, 2.75) is 56.9 Å². The summed E-state index contributed by atoms with van der Waals surface area (Å²) in [6, 6.07) is 7.13. The molecule has 1 saturated carbocycles. The number of aromatic nitrogens is 1. The van der Waals surface area contributed by atoms with Crippen LogP contribution >= 0.6 is 39.1 Å². The van der Waals surface area contributed by atoms with Crippen LogP contribution in [-0.2, 0) is 16.0 Å². The third-order valence-corrected chi connectivity index (χ3v) is 10.3. The van der Waals surface area contributed by atoms with Crippen LogP contribution in [0.25, 0.3) is 0 Å². The number of carboxylic acids is 1. The van der Waals surface area contributed by atoms with Gasteiger partial charge < -0.3 is 20.6 Å². The van der Waals surface area contributed by atoms with Crippen LogP contribution in [0.1, 0.15) is 60.9 Å². The van der Waals surface area contributed by atoms with Gasteiger partial charge in [0.05, 0.1) is 25.5 Å². The Morgan fingerprint density at radius 1 is 1.10 bits per heavy atom. The van der Waals surface area contributed by atoms with E-state index in [1.54, 1.807) is 12.1 Å². The summed E-state index contributed by atoms with van der Waals surface area (Å²) in [4.78, 5) is 45.3. The molecule has 1 saturated heterocycles. The molecule has 0 unspecified atom stereocenters. The molecule has 0 radical (unpaired) electrons. The van der Waals surface area contributed by atoms with Gasteiger partial charge in [0.2, 0.25) is 0 Å². The van der Waals surface area contributed by atoms with E-state index in [-0.39, 0.29) is 33.7 Å². The molecule has 41 heavy (non-hydrogen) atoms. The second-order valence-corrected chi connectivity index (χ2v) is 13.1. The number of carbonyl (C=O) groups is 3. The molecule has 2 fully saturated rings. The highest BCUT2D eigenvalue weighted by atomic mass is 79.9. The lowest BCUT2D eigenvalue weighted by atomic mass is 9.61. The number of hydrogen-bond donors (Lipinski definition) is 3. The van der Waals surface area contributed by atoms with E-state index in [9.17, 15) is 19.5 Å². The standard InChI is InChI=1S/C30H33BrCl2N4O4/c1-37-13-9-19(10-14-37)30(28(40)41,36-25-24(31)26(38)29(25)11-3-2-4-12-29)15-18-5-7-20(8-6-18)35-27(39)23-21(32)16-34-17-22(23)33/h5-8,16-17,19,36H,2-4,9-15H2,1H3,(H,35,39)(H,40,41)/t30-/m0/s1. The van der Waals surface area contributed by atoms with Crippen LogP contribution in [0.2, 0.25) is 10.0 Å². The molecule has 3 aliphatic rings. The maximum absolute atomic E-state index is 13.3. The Kier molecular flexibility index (Phi) is 8.81. The number of nitrogens with zero attached hydrogens (tertiary/aromatic N) is 2. The number of benzene rings is 1. The molecule has 218 valence electrons. The predicted octanol–water partition coefficient (Wildman–Crippen LogP) is 6.08. The molecule has 2 heterocycles. The number of piperidine rings is 1. The highest BCUT2D eigenvalue weighted by molar-refractivity contribution is 9.12. The number of rotatable bonds is 8. The van der Waals surface area contributed by atoms with Crippen LogP contribution in [0.15, 0.2) is 46.8 Å². The van der Waals surface area contributed by atoms with Crippen LogP contribution in [0, 0.1) is 11.3 Å². The zero-order valence-corrected chi connectivity index (χ0v) is 25.9. The smallest absolute Gasteiger partial charge is 0.329 e. The van der Waals surface area contributed by atoms with Gasteiger partial charge in [0.15, 0.2) is 5.78 Å². The molecule has 3 N–H and O–H groups in total. The Morgan fingerprint density at radius 2 is 1.71 bits per heavy atom. The molecule has 2 aromatic rings. The first-order valence-corrected chi connectivity index (χ1v) is 15.5. The monoisotopic (exact) mass is 662 g/mol. The normalized spacial score (nSPS) is 20.8. The van der Waals surface area contributed by atoms with E-state index in [2.05, 4.69) is 36.4 Å². The van der Waals surface area contributed by atoms with Crippen LogP contribution in [0.4, 0.5) is 5.69 Å². The summed E-state index contributed by atoms with van der Waals surface area (Å²) in [6.07, 6.45) is 8.86. The van der Waals surface area contributed by atoms with Gasteiger partial charge in [0.25, 0.3) is 5.91 Å². The summed E-state index contributed by atoms with van der Waals surface area (Å²) in [5.74, 6) is -1.45. The van der Waals surface area contributed by atoms with E-state index in [1.165, 1.54) is 12.4 Å². The van der Waals surface area contributed by atoms with Crippen molar-refractivity contribution in [3.05, 3.63) is 68.0 Å². The van der Waals surface area contributed by atoms with Crippen molar-refractivity contribution >= 4 is 62.5 Å². The summed E-state index contributed by atoms with van der Waals surface area (Å²) in [6.45, 7) is 1.60. The molecule has 5 rings (SSSR count). The molecule has 1 aliphatic heterocycles. The number of anilines is 1. The van der Waals surface area contributed by atoms with Gasteiger partial charge in [0, 0.05) is 30.2 Å². The molecular weight excluding hydrogens is 631 g/mol. The Bertz CT molecular complexity index is 1370. The topological polar surface area (TPSA) is 112 Å². The van der Waals surface area contributed by atoms with E-state index in [1.807, 2.05) is 19.2 Å². The quantitative estimate of drug-likeness (QED) is 0.314. The van der Waals surface area contributed by atoms with E-state index in [0.717, 1.165) is 69.3 Å². The first-order chi connectivity index (χ1) is 19.6. The minimum absolute atomic E-state index is 0.0804. The maximum atomic E-state index is 13.3. The average molecular weight is 664 g/mol. The van der Waals surface area contributed by atoms with Crippen molar-refractivity contribution in [2.75, 3.05) is 25.5 Å². The SMILES string of the molecule is CN1CCC([C@](Cc2ccc(NC(=O)c3c(Cl)cncc3Cl)cc2)(NC2=C(Br)C(=O)C23CCCCC3)C(=O)O)CC1. The summed E-state index contributed by atoms with van der Waals surface area (Å²) in [5, 5.41) is 17.5. The van der Waals surface area contributed by atoms with Gasteiger partial charge in [-0.1, -0.05) is 54.6 Å². The number of likely N-dealkylation sites (tertiary alicyclic amines) is 1. The Hall–Kier alpha value is -2.46. The van der Waals surface area contributed by atoms with Crippen LogP contribution in [0.3, 0.4) is 0 Å². The molecule has 1 aromatic heterocycles. The minimum atomic E-state index is -1.30. The summed E-state index contributed by atoms with van der Waals surface area (Å²) in [5.41, 5.74) is 0.285. The van der Waals surface area contributed by atoms with Gasteiger partial charge >= 0.3 is 5.97 Å². The Morgan fingerprint density at radius 3 is 2.29 bits per heavy atom. The first-order valence-electron chi connectivity index (χ1n) is 13.9. The van der Waals surface area contributed by atoms with E-state index in [4.69, 9.17) is 23.2 Å². The van der Waals surface area contributed by atoms with Crippen molar-refractivity contribution in [1.29, 1.82) is 0 Å². The lowest BCUT2D eigenvalue weighted by molar-refractivity contribution is -0.149. The molecule has 1 atom stereocenters. The van der Waals surface area contributed by atoms with Gasteiger partial charge in [-0.3, -0.25) is 14.6 Å². The zero-order chi connectivity index (χ0) is 29.4. The van der Waals surface area contributed by atoms with Gasteiger partial charge in [-0.25, -0.2) is 4.79 Å². The van der Waals surface area contributed by atoms with Crippen molar-refractivity contribution in [1.82, 2.24) is 15.2 Å². The highest BCUT2D eigenvalue weighted by Gasteiger charge is 2.57. The minimum Gasteiger partial charge on any atom is -0.479 e. The lowest BCUT2D eigenvalue weighted by Crippen LogP contribution is -2.64. The molecule has 1 amide bonds. The molecule has 11 heteroatoms. The van der Waals surface area contributed by atoms with Crippen molar-refractivity contribution in [3.63, 3.8) is 0 Å². The number of aliphatic carboxylic acids is 1. The number of hydrogen-bond acceptors (Lipinski definition) is 6. The van der Waals surface area contributed by atoms with Crippen LogP contribution in [-0.4, -0.2) is 58.3 Å². The largest absolute Gasteiger partial charge is 0.479 e. The first kappa shape index (κ1) is 30.0. The molecule has 2 aliphatic carbocycles. The molecule has 1 aromatic carbocycles. The highest BCUT2D eigenvalue weighted by Crippen LogP contribution is 2.54. The Balaban J connectivity index is 1.43. The summed E-state index contributed by atoms with van der Waals surface area (Å²) in [7, 11) is 2.05. The number of nitrogens with one attached hydrogen (secondary N) is 2. The van der Waals surface area contributed by atoms with Gasteiger partial charge in [-0.05, 0) is 85.4 Å². The number of halogens is 3. The third kappa shape index (κ3) is 5.66. The van der Waals surface area contributed by atoms with E-state index >= 15 is 0 Å². The van der Waals surface area contributed by atoms with Gasteiger partial charge in [-0.15, -0.1) is 0 Å². The fraction of sp³-hybridized carbons (Fsp3) is 0.467. The molecule has 1 spiro atoms. The number of pyridine rings is 1. The molecule has 0 bridgehead atoms. The summed E-state index contributed by atoms with van der Waals surface area (Å²) < 4.78 is 0.476. The van der Waals surface area contributed by atoms with Crippen molar-refractivity contribution in [2.24, 2.45) is 11.3 Å². The van der Waals surface area contributed by atoms with Gasteiger partial charge in [0.1, 0.15) is 5.54 Å². The average Bonchev–Trinajstić information content (AvgIpc) is 2.96. The maximum Gasteiger partial charge on any atom is 0.329 e. The Labute approximate surface area is 258 Å². The molecule has 8 nitrogen and oxygen atoms in total. The number of ketones is 1. The predicted molar refractivity (Wildman–Crippen MR) is 163 cm³/mol. The van der Waals surface area contributed by atoms with Crippen molar-refractivity contribution in [3.8, 4) is 0 Å². The number of allylic oxidation sites excluding steroid dienone is 2. The third-order valence-electron chi connectivity index (χ3n) is 8.96. The number of Topliss-reactive ketones (excluding diaryl/α,β-unsaturated/α-hetero) is 1. The fourth-order valence-corrected chi connectivity index (χ4v) is 7.95. The van der Waals surface area contributed by atoms with Crippen LogP contribution < -0.4 is 10.6 Å². The fourth-order valence-electron chi connectivity index (χ4n) is 6.56. The number of amides is 1. The lowest BCUT2D eigenvalue weighted by Gasteiger charge is -2.51. The summed E-state index contributed by atoms with van der Waals surface area (Å²) >= 11 is 15.8. The van der Waals surface area contributed by atoms with Crippen LogP contribution in [0.5, 0.6) is 0 Å². The second kappa shape index (κ2) is 12.0. The van der Waals surface area contributed by atoms with E-state index < -0.39 is 22.8 Å². The van der Waals surface area contributed by atoms with E-state index in [0.29, 0.717) is 10.2 Å². The second-order valence-electron chi connectivity index (χ2n) is 11.4. The number of carboxylic acid groups (broad SMARTS) is 1. The van der Waals surface area contributed by atoms with Gasteiger partial charge in [-0.2, -0.15) is 0 Å². The van der Waals surface area contributed by atoms with Crippen molar-refractivity contribution < 1.29 is 19.5 Å².